The number of likely N-dealkylation sites (tertiary alicyclic amines) is 1. The summed E-state index contributed by atoms with van der Waals surface area (Å²) in [5.74, 6) is 1.13. The molecule has 2 aliphatic heterocycles. The highest BCUT2D eigenvalue weighted by atomic mass is 35.5. The van der Waals surface area contributed by atoms with Gasteiger partial charge in [0.2, 0.25) is 5.91 Å². The molecule has 3 heterocycles. The Hall–Kier alpha value is -1.66. The van der Waals surface area contributed by atoms with Gasteiger partial charge in [-0.25, -0.2) is 0 Å². The maximum atomic E-state index is 12.6. The Balaban J connectivity index is 1.33. The molecule has 1 aromatic heterocycles. The summed E-state index contributed by atoms with van der Waals surface area (Å²) in [4.78, 5) is 23.1. The number of aromatic amines is 1. The number of carbonyl (C=O) groups is 1. The fourth-order valence-electron chi connectivity index (χ4n) is 4.87. The van der Waals surface area contributed by atoms with Crippen LogP contribution in [0.3, 0.4) is 0 Å². The molecule has 1 saturated carbocycles. The smallest absolute Gasteiger partial charge is 0.224 e. The van der Waals surface area contributed by atoms with E-state index in [4.69, 9.17) is 16.6 Å². The summed E-state index contributed by atoms with van der Waals surface area (Å²) >= 11 is 8.15. The number of hydrogen-bond acceptors (Lipinski definition) is 4. The van der Waals surface area contributed by atoms with Crippen LogP contribution in [0.1, 0.15) is 57.1 Å². The Bertz CT molecular complexity index is 960. The standard InChI is InChI=1S/C23H29ClN4OS/c24-16-10-15-11-20(27-22(15)19(12-16)25-17-6-2-3-7-17)23-26-18(14-30-23)13-21(29)28-8-4-1-5-9-28/h10-12,17-18,25,27H,1-9,13-14H2. The van der Waals surface area contributed by atoms with Crippen LogP contribution in [0.25, 0.3) is 10.9 Å². The molecule has 1 amide bonds. The van der Waals surface area contributed by atoms with Crippen molar-refractivity contribution >= 4 is 50.9 Å². The quantitative estimate of drug-likeness (QED) is 0.645. The number of aromatic nitrogens is 1. The molecule has 2 N–H and O–H groups in total. The van der Waals surface area contributed by atoms with Crippen LogP contribution in [0.2, 0.25) is 5.02 Å². The van der Waals surface area contributed by atoms with E-state index >= 15 is 0 Å². The Morgan fingerprint density at radius 3 is 2.77 bits per heavy atom. The number of aliphatic imine (C=N–C) groups is 1. The molecule has 0 bridgehead atoms. The first-order valence-corrected chi connectivity index (χ1v) is 12.6. The van der Waals surface area contributed by atoms with Gasteiger partial charge >= 0.3 is 0 Å². The van der Waals surface area contributed by atoms with Crippen LogP contribution in [0, 0.1) is 0 Å². The van der Waals surface area contributed by atoms with Crippen LogP contribution in [-0.4, -0.2) is 51.8 Å². The number of fused-ring (bicyclic) bond motifs is 1. The van der Waals surface area contributed by atoms with Crippen molar-refractivity contribution < 1.29 is 4.79 Å². The van der Waals surface area contributed by atoms with E-state index in [9.17, 15) is 4.79 Å². The second kappa shape index (κ2) is 8.83. The second-order valence-corrected chi connectivity index (χ2v) is 10.2. The molecule has 1 aromatic carbocycles. The van der Waals surface area contributed by atoms with Crippen molar-refractivity contribution in [1.82, 2.24) is 9.88 Å². The number of nitrogens with zero attached hydrogens (tertiary/aromatic N) is 2. The lowest BCUT2D eigenvalue weighted by atomic mass is 10.1. The zero-order chi connectivity index (χ0) is 20.5. The third kappa shape index (κ3) is 4.35. The summed E-state index contributed by atoms with van der Waals surface area (Å²) in [6.45, 7) is 1.82. The highest BCUT2D eigenvalue weighted by Gasteiger charge is 2.26. The van der Waals surface area contributed by atoms with Gasteiger partial charge in [0.15, 0.2) is 0 Å². The molecular weight excluding hydrogens is 416 g/mol. The van der Waals surface area contributed by atoms with Gasteiger partial charge in [-0.05, 0) is 50.3 Å². The fraction of sp³-hybridized carbons (Fsp3) is 0.565. The Kier molecular flexibility index (Phi) is 5.96. The number of halogens is 1. The van der Waals surface area contributed by atoms with Gasteiger partial charge in [0, 0.05) is 35.3 Å². The minimum absolute atomic E-state index is 0.0745. The zero-order valence-electron chi connectivity index (χ0n) is 17.3. The number of piperidine rings is 1. The van der Waals surface area contributed by atoms with Gasteiger partial charge in [-0.2, -0.15) is 0 Å². The molecule has 7 heteroatoms. The summed E-state index contributed by atoms with van der Waals surface area (Å²) in [5.41, 5.74) is 3.20. The summed E-state index contributed by atoms with van der Waals surface area (Å²) < 4.78 is 0. The van der Waals surface area contributed by atoms with Gasteiger partial charge in [0.05, 0.1) is 29.4 Å². The second-order valence-electron chi connectivity index (χ2n) is 8.77. The van der Waals surface area contributed by atoms with Crippen molar-refractivity contribution in [2.45, 2.75) is 63.5 Å². The van der Waals surface area contributed by atoms with Gasteiger partial charge in [0.25, 0.3) is 0 Å². The van der Waals surface area contributed by atoms with E-state index in [1.807, 2.05) is 17.0 Å². The number of thioether (sulfide) groups is 1. The Morgan fingerprint density at radius 2 is 1.97 bits per heavy atom. The predicted molar refractivity (Wildman–Crippen MR) is 127 cm³/mol. The number of anilines is 1. The lowest BCUT2D eigenvalue weighted by Gasteiger charge is -2.27. The third-order valence-corrected chi connectivity index (χ3v) is 7.84. The molecule has 160 valence electrons. The van der Waals surface area contributed by atoms with Gasteiger partial charge in [0.1, 0.15) is 5.04 Å². The summed E-state index contributed by atoms with van der Waals surface area (Å²) in [5, 5.41) is 6.55. The van der Waals surface area contributed by atoms with Crippen molar-refractivity contribution in [3.63, 3.8) is 0 Å². The van der Waals surface area contributed by atoms with Crippen LogP contribution >= 0.6 is 23.4 Å². The summed E-state index contributed by atoms with van der Waals surface area (Å²) in [6, 6.07) is 6.77. The first-order valence-electron chi connectivity index (χ1n) is 11.2. The third-order valence-electron chi connectivity index (χ3n) is 6.47. The molecular formula is C23H29ClN4OS. The average Bonchev–Trinajstić information content (AvgIpc) is 3.49. The lowest BCUT2D eigenvalue weighted by molar-refractivity contribution is -0.132. The average molecular weight is 445 g/mol. The molecule has 5 nitrogen and oxygen atoms in total. The van der Waals surface area contributed by atoms with Crippen LogP contribution in [0.15, 0.2) is 23.2 Å². The lowest BCUT2D eigenvalue weighted by Crippen LogP contribution is -2.37. The molecule has 1 saturated heterocycles. The van der Waals surface area contributed by atoms with E-state index in [1.165, 1.54) is 32.1 Å². The first kappa shape index (κ1) is 20.3. The molecule has 0 spiro atoms. The number of hydrogen-bond donors (Lipinski definition) is 2. The van der Waals surface area contributed by atoms with E-state index < -0.39 is 0 Å². The van der Waals surface area contributed by atoms with E-state index in [0.29, 0.717) is 12.5 Å². The van der Waals surface area contributed by atoms with Crippen molar-refractivity contribution in [2.24, 2.45) is 4.99 Å². The molecule has 2 aromatic rings. The number of rotatable bonds is 5. The zero-order valence-corrected chi connectivity index (χ0v) is 18.8. The summed E-state index contributed by atoms with van der Waals surface area (Å²) in [7, 11) is 0. The monoisotopic (exact) mass is 444 g/mol. The topological polar surface area (TPSA) is 60.5 Å². The number of carbonyl (C=O) groups excluding carboxylic acids is 1. The molecule has 2 fully saturated rings. The summed E-state index contributed by atoms with van der Waals surface area (Å²) in [6.07, 6.45) is 9.06. The maximum Gasteiger partial charge on any atom is 0.224 e. The van der Waals surface area contributed by atoms with E-state index in [2.05, 4.69) is 16.4 Å². The van der Waals surface area contributed by atoms with Crippen molar-refractivity contribution in [3.8, 4) is 0 Å². The van der Waals surface area contributed by atoms with Crippen molar-refractivity contribution in [3.05, 3.63) is 28.9 Å². The van der Waals surface area contributed by atoms with Crippen LogP contribution in [0.5, 0.6) is 0 Å². The van der Waals surface area contributed by atoms with Gasteiger partial charge in [-0.15, -0.1) is 11.8 Å². The number of amides is 1. The molecule has 5 rings (SSSR count). The van der Waals surface area contributed by atoms with Gasteiger partial charge in [-0.3, -0.25) is 9.79 Å². The molecule has 1 unspecified atom stereocenters. The maximum absolute atomic E-state index is 12.6. The van der Waals surface area contributed by atoms with Crippen LogP contribution in [-0.2, 0) is 4.79 Å². The highest BCUT2D eigenvalue weighted by molar-refractivity contribution is 8.14. The highest BCUT2D eigenvalue weighted by Crippen LogP contribution is 2.33. The molecule has 1 aliphatic carbocycles. The normalized spacial score (nSPS) is 22.6. The first-order chi connectivity index (χ1) is 14.7. The molecule has 0 radical (unpaired) electrons. The van der Waals surface area contributed by atoms with Gasteiger partial charge < -0.3 is 15.2 Å². The molecule has 30 heavy (non-hydrogen) atoms. The van der Waals surface area contributed by atoms with E-state index in [0.717, 1.165) is 64.0 Å². The van der Waals surface area contributed by atoms with Gasteiger partial charge in [-0.1, -0.05) is 24.4 Å². The number of nitrogens with one attached hydrogen (secondary N) is 2. The predicted octanol–water partition coefficient (Wildman–Crippen LogP) is 5.44. The van der Waals surface area contributed by atoms with Crippen molar-refractivity contribution in [1.29, 1.82) is 0 Å². The number of H-pyrrole nitrogens is 1. The van der Waals surface area contributed by atoms with Crippen LogP contribution in [0.4, 0.5) is 5.69 Å². The Labute approximate surface area is 187 Å². The minimum Gasteiger partial charge on any atom is -0.381 e. The van der Waals surface area contributed by atoms with Crippen molar-refractivity contribution in [2.75, 3.05) is 24.2 Å². The molecule has 1 atom stereocenters. The Morgan fingerprint density at radius 1 is 1.17 bits per heavy atom. The van der Waals surface area contributed by atoms with E-state index in [1.54, 1.807) is 11.8 Å². The SMILES string of the molecule is O=C(CC1CSC(c2cc3cc(Cl)cc(NC4CCCC4)c3[nH]2)=N1)N1CCCCC1. The van der Waals surface area contributed by atoms with E-state index in [-0.39, 0.29) is 11.9 Å². The minimum atomic E-state index is 0.0745. The van der Waals surface area contributed by atoms with Crippen LogP contribution < -0.4 is 5.32 Å². The molecule has 3 aliphatic rings. The largest absolute Gasteiger partial charge is 0.381 e. The fourth-order valence-corrected chi connectivity index (χ4v) is 6.13. The number of benzene rings is 1.